The van der Waals surface area contributed by atoms with Crippen molar-refractivity contribution in [1.29, 1.82) is 0 Å². The van der Waals surface area contributed by atoms with Crippen LogP contribution in [-0.2, 0) is 34.4 Å². The van der Waals surface area contributed by atoms with Crippen LogP contribution in [0.5, 0.6) is 0 Å². The van der Waals surface area contributed by atoms with Gasteiger partial charge >= 0.3 is 13.6 Å². The molecule has 0 aromatic carbocycles. The Balaban J connectivity index is 1.60. The van der Waals surface area contributed by atoms with Crippen molar-refractivity contribution >= 4 is 36.5 Å². The largest absolute Gasteiger partial charge is 0.438 e. The highest BCUT2D eigenvalue weighted by Crippen LogP contribution is 2.52. The van der Waals surface area contributed by atoms with Crippen LogP contribution in [0.15, 0.2) is 6.33 Å². The Labute approximate surface area is 173 Å². The molecule has 2 aromatic heterocycles. The molecule has 0 saturated heterocycles. The summed E-state index contributed by atoms with van der Waals surface area (Å²) in [6.45, 7) is 4.94. The van der Waals surface area contributed by atoms with Gasteiger partial charge in [0.25, 0.3) is 0 Å². The van der Waals surface area contributed by atoms with E-state index in [4.69, 9.17) is 30.0 Å². The molecule has 13 heteroatoms. The van der Waals surface area contributed by atoms with Crippen LogP contribution in [0.2, 0.25) is 0 Å². The van der Waals surface area contributed by atoms with Gasteiger partial charge in [-0.15, -0.1) is 0 Å². The van der Waals surface area contributed by atoms with Gasteiger partial charge in [0, 0.05) is 0 Å². The van der Waals surface area contributed by atoms with Crippen LogP contribution in [0.3, 0.4) is 0 Å². The van der Waals surface area contributed by atoms with Crippen LogP contribution in [0, 0.1) is 12.5 Å². The van der Waals surface area contributed by atoms with Crippen molar-refractivity contribution in [3.8, 4) is 0 Å². The molecule has 3 rings (SSSR count). The third-order valence-corrected chi connectivity index (χ3v) is 5.89. The van der Waals surface area contributed by atoms with Gasteiger partial charge in [-0.05, 0) is 33.6 Å². The van der Waals surface area contributed by atoms with Gasteiger partial charge < -0.3 is 30.0 Å². The fourth-order valence-electron chi connectivity index (χ4n) is 2.60. The summed E-state index contributed by atoms with van der Waals surface area (Å²) in [4.78, 5) is 24.1. The summed E-state index contributed by atoms with van der Waals surface area (Å²) in [6.07, 6.45) is 2.66. The third-order valence-electron chi connectivity index (χ3n) is 4.55. The molecule has 2 aromatic rings. The van der Waals surface area contributed by atoms with Crippen LogP contribution in [-0.4, -0.2) is 44.2 Å². The molecular formula is C17H26N6O6P. The van der Waals surface area contributed by atoms with Crippen molar-refractivity contribution in [3.63, 3.8) is 0 Å². The van der Waals surface area contributed by atoms with Gasteiger partial charge in [-0.3, -0.25) is 13.9 Å². The summed E-state index contributed by atoms with van der Waals surface area (Å²) < 4.78 is 35.2. The molecule has 1 unspecified atom stereocenters. The number of rotatable bonds is 9. The second kappa shape index (κ2) is 8.10. The Kier molecular flexibility index (Phi) is 6.06. The molecule has 1 atom stereocenters. The summed E-state index contributed by atoms with van der Waals surface area (Å²) >= 11 is 0. The number of ether oxygens (including phenoxy) is 2. The molecule has 0 aliphatic heterocycles. The van der Waals surface area contributed by atoms with E-state index in [2.05, 4.69) is 22.1 Å². The molecule has 1 aliphatic carbocycles. The van der Waals surface area contributed by atoms with Crippen LogP contribution in [0.4, 0.5) is 11.8 Å². The number of aromatic nitrogens is 4. The maximum Gasteiger partial charge on any atom is 0.359 e. The van der Waals surface area contributed by atoms with E-state index in [1.54, 1.807) is 31.7 Å². The minimum atomic E-state index is -3.72. The summed E-state index contributed by atoms with van der Waals surface area (Å²) in [7, 11) is -0.527. The van der Waals surface area contributed by atoms with Gasteiger partial charge in [0.05, 0.1) is 31.0 Å². The number of nitrogen functional groups attached to an aromatic ring is 2. The fraction of sp³-hybridized carbons (Fsp3) is 0.588. The Morgan fingerprint density at radius 2 is 2.03 bits per heavy atom. The Morgan fingerprint density at radius 3 is 2.63 bits per heavy atom. The number of hydrogen-bond acceptors (Lipinski definition) is 11. The van der Waals surface area contributed by atoms with Gasteiger partial charge in [0.1, 0.15) is 11.9 Å². The van der Waals surface area contributed by atoms with Gasteiger partial charge in [-0.25, -0.2) is 4.98 Å². The molecular weight excluding hydrogens is 415 g/mol. The van der Waals surface area contributed by atoms with E-state index in [0.29, 0.717) is 17.7 Å². The van der Waals surface area contributed by atoms with Gasteiger partial charge in [-0.1, -0.05) is 0 Å². The molecule has 1 fully saturated rings. The fourth-order valence-corrected chi connectivity index (χ4v) is 3.47. The smallest absolute Gasteiger partial charge is 0.359 e. The molecule has 30 heavy (non-hydrogen) atoms. The van der Waals surface area contributed by atoms with Crippen molar-refractivity contribution < 1.29 is 27.9 Å². The number of nitrogens with zero attached hydrogens (tertiary/aromatic N) is 4. The lowest BCUT2D eigenvalue weighted by Gasteiger charge is -2.22. The number of anilines is 2. The molecule has 0 amide bonds. The van der Waals surface area contributed by atoms with Gasteiger partial charge in [-0.2, -0.15) is 9.97 Å². The first-order valence-corrected chi connectivity index (χ1v) is 10.9. The van der Waals surface area contributed by atoms with E-state index in [9.17, 15) is 9.36 Å². The number of carbonyl (C=O) groups excluding carboxylic acids is 1. The molecule has 12 nitrogen and oxygen atoms in total. The van der Waals surface area contributed by atoms with Crippen LogP contribution < -0.4 is 11.5 Å². The van der Waals surface area contributed by atoms with Crippen molar-refractivity contribution in [1.82, 2.24) is 19.5 Å². The average Bonchev–Trinajstić information content (AvgIpc) is 3.32. The second-order valence-electron chi connectivity index (χ2n) is 8.14. The summed E-state index contributed by atoms with van der Waals surface area (Å²) in [5.74, 6) is -0.263. The maximum absolute atomic E-state index is 12.7. The Hall–Kier alpha value is -2.27. The number of hydrogen-bond donors (Lipinski definition) is 2. The average molecular weight is 441 g/mol. The minimum Gasteiger partial charge on any atom is -0.438 e. The summed E-state index contributed by atoms with van der Waals surface area (Å²) in [6, 6.07) is 0. The Morgan fingerprint density at radius 1 is 1.33 bits per heavy atom. The highest BCUT2D eigenvalue weighted by molar-refractivity contribution is 7.53. The van der Waals surface area contributed by atoms with E-state index in [-0.39, 0.29) is 18.1 Å². The van der Waals surface area contributed by atoms with Crippen molar-refractivity contribution in [2.24, 2.45) is 5.41 Å². The van der Waals surface area contributed by atoms with E-state index >= 15 is 0 Å². The zero-order valence-corrected chi connectivity index (χ0v) is 18.1. The molecule has 4 N–H and O–H groups in total. The lowest BCUT2D eigenvalue weighted by atomic mass is 9.98. The first-order valence-electron chi connectivity index (χ1n) is 9.19. The zero-order chi connectivity index (χ0) is 22.2. The molecule has 1 aliphatic rings. The van der Waals surface area contributed by atoms with Crippen molar-refractivity contribution in [2.45, 2.75) is 45.8 Å². The third kappa shape index (κ3) is 5.07. The highest BCUT2D eigenvalue weighted by Gasteiger charge is 2.46. The SMILES string of the molecule is [CH2]OP(=O)(COC1(Cn2cnc3c(N)nc(N)nc32)CC1)OCOC(=O)C(C)(C)C. The second-order valence-corrected chi connectivity index (χ2v) is 10.1. The van der Waals surface area contributed by atoms with Crippen LogP contribution in [0.25, 0.3) is 11.2 Å². The number of esters is 1. The number of fused-ring (bicyclic) bond motifs is 1. The van der Waals surface area contributed by atoms with Crippen molar-refractivity contribution in [2.75, 3.05) is 24.6 Å². The van der Waals surface area contributed by atoms with Crippen LogP contribution >= 0.6 is 7.60 Å². The van der Waals surface area contributed by atoms with E-state index in [0.717, 1.165) is 12.8 Å². The molecule has 0 spiro atoms. The Bertz CT molecular complexity index is 983. The predicted molar refractivity (Wildman–Crippen MR) is 108 cm³/mol. The normalized spacial score (nSPS) is 17.6. The topological polar surface area (TPSA) is 167 Å². The van der Waals surface area contributed by atoms with Crippen molar-refractivity contribution in [3.05, 3.63) is 13.4 Å². The zero-order valence-electron chi connectivity index (χ0n) is 17.2. The minimum absolute atomic E-state index is 0.0423. The summed E-state index contributed by atoms with van der Waals surface area (Å²) in [5, 5.41) is 0. The molecule has 1 saturated carbocycles. The lowest BCUT2D eigenvalue weighted by Crippen LogP contribution is -2.25. The molecule has 2 heterocycles. The predicted octanol–water partition coefficient (Wildman–Crippen LogP) is 2.06. The quantitative estimate of drug-likeness (QED) is 0.332. The van der Waals surface area contributed by atoms with E-state index in [1.165, 1.54) is 0 Å². The number of nitrogens with two attached hydrogens (primary N) is 2. The first kappa shape index (κ1) is 22.4. The molecule has 165 valence electrons. The first-order chi connectivity index (χ1) is 14.0. The van der Waals surface area contributed by atoms with Crippen LogP contribution in [0.1, 0.15) is 33.6 Å². The van der Waals surface area contributed by atoms with Gasteiger partial charge in [0.15, 0.2) is 11.5 Å². The molecule has 0 bridgehead atoms. The monoisotopic (exact) mass is 441 g/mol. The number of imidazole rings is 1. The van der Waals surface area contributed by atoms with E-state index < -0.39 is 31.4 Å². The standard InChI is InChI=1S/C17H26N6O6P/c1-16(2,3)14(24)27-9-29-30(25,26-4)10-28-17(5-6-17)7-23-8-20-11-12(18)21-15(19)22-13(11)23/h8H,4-7,9-10H2,1-3H3,(H4,18,19,21,22). The highest BCUT2D eigenvalue weighted by atomic mass is 31.2. The molecule has 1 radical (unpaired) electrons. The maximum atomic E-state index is 12.7. The van der Waals surface area contributed by atoms with E-state index in [1.807, 2.05) is 0 Å². The van der Waals surface area contributed by atoms with Gasteiger partial charge in [0.2, 0.25) is 12.7 Å². The number of carbonyl (C=O) groups is 1. The lowest BCUT2D eigenvalue weighted by molar-refractivity contribution is -0.160. The summed E-state index contributed by atoms with van der Waals surface area (Å²) in [5.41, 5.74) is 11.1.